The summed E-state index contributed by atoms with van der Waals surface area (Å²) in [4.78, 5) is 12.0. The van der Waals surface area contributed by atoms with Crippen LogP contribution in [0.15, 0.2) is 41.3 Å². The van der Waals surface area contributed by atoms with E-state index in [2.05, 4.69) is 11.9 Å². The number of furan rings is 1. The van der Waals surface area contributed by atoms with Crippen molar-refractivity contribution in [3.63, 3.8) is 0 Å². The molecule has 0 unspecified atom stereocenters. The van der Waals surface area contributed by atoms with E-state index in [1.807, 2.05) is 30.5 Å². The quantitative estimate of drug-likeness (QED) is 0.840. The van der Waals surface area contributed by atoms with Gasteiger partial charge in [0.1, 0.15) is 5.58 Å². The lowest BCUT2D eigenvalue weighted by molar-refractivity contribution is 0.0931. The zero-order valence-corrected chi connectivity index (χ0v) is 11.0. The van der Waals surface area contributed by atoms with Crippen molar-refractivity contribution < 1.29 is 9.21 Å². The molecule has 2 aromatic rings. The number of benzene rings is 1. The van der Waals surface area contributed by atoms with Crippen molar-refractivity contribution in [3.05, 3.63) is 48.2 Å². The number of amides is 1. The molecule has 4 heteroatoms. The normalized spacial score (nSPS) is 10.5. The maximum Gasteiger partial charge on any atom is 0.287 e. The third kappa shape index (κ3) is 2.43. The van der Waals surface area contributed by atoms with Crippen LogP contribution in [0.1, 0.15) is 16.1 Å². The van der Waals surface area contributed by atoms with Gasteiger partial charge in [-0.3, -0.25) is 4.79 Å². The van der Waals surface area contributed by atoms with Gasteiger partial charge in [-0.1, -0.05) is 24.3 Å². The van der Waals surface area contributed by atoms with E-state index >= 15 is 0 Å². The van der Waals surface area contributed by atoms with E-state index in [1.165, 1.54) is 0 Å². The third-order valence-electron chi connectivity index (χ3n) is 2.60. The minimum atomic E-state index is -0.185. The number of rotatable bonds is 5. The highest BCUT2D eigenvalue weighted by atomic mass is 32.2. The molecule has 0 bridgehead atoms. The highest BCUT2D eigenvalue weighted by molar-refractivity contribution is 7.97. The van der Waals surface area contributed by atoms with Crippen LogP contribution in [0.2, 0.25) is 0 Å². The van der Waals surface area contributed by atoms with Crippen molar-refractivity contribution >= 4 is 28.6 Å². The van der Waals surface area contributed by atoms with Crippen molar-refractivity contribution in [2.24, 2.45) is 0 Å². The number of carbonyl (C=O) groups is 1. The zero-order chi connectivity index (χ0) is 13.0. The van der Waals surface area contributed by atoms with Crippen molar-refractivity contribution in [2.45, 2.75) is 5.75 Å². The number of para-hydroxylation sites is 1. The SMILES string of the molecule is C=CCNC(=O)c1oc2ccccc2c1CSC. The molecule has 2 rings (SSSR count). The molecular weight excluding hydrogens is 246 g/mol. The fraction of sp³-hybridized carbons (Fsp3) is 0.214. The smallest absolute Gasteiger partial charge is 0.287 e. The molecule has 1 aromatic carbocycles. The van der Waals surface area contributed by atoms with Gasteiger partial charge in [0.05, 0.1) is 0 Å². The summed E-state index contributed by atoms with van der Waals surface area (Å²) >= 11 is 1.67. The Morgan fingerprint density at radius 2 is 2.28 bits per heavy atom. The highest BCUT2D eigenvalue weighted by Crippen LogP contribution is 2.28. The van der Waals surface area contributed by atoms with Crippen LogP contribution >= 0.6 is 11.8 Å². The standard InChI is InChI=1S/C14H15NO2S/c1-3-8-15-14(16)13-11(9-18-2)10-6-4-5-7-12(10)17-13/h3-7H,1,8-9H2,2H3,(H,15,16). The van der Waals surface area contributed by atoms with Gasteiger partial charge in [0.25, 0.3) is 5.91 Å². The molecule has 0 aliphatic carbocycles. The van der Waals surface area contributed by atoms with Gasteiger partial charge < -0.3 is 9.73 Å². The van der Waals surface area contributed by atoms with Crippen molar-refractivity contribution in [1.82, 2.24) is 5.32 Å². The van der Waals surface area contributed by atoms with E-state index in [-0.39, 0.29) is 5.91 Å². The Morgan fingerprint density at radius 3 is 3.00 bits per heavy atom. The Morgan fingerprint density at radius 1 is 1.50 bits per heavy atom. The molecule has 0 radical (unpaired) electrons. The van der Waals surface area contributed by atoms with Gasteiger partial charge in [-0.05, 0) is 12.3 Å². The molecule has 3 nitrogen and oxygen atoms in total. The molecule has 0 aliphatic heterocycles. The Kier molecular flexibility index (Phi) is 4.10. The van der Waals surface area contributed by atoms with Gasteiger partial charge in [-0.2, -0.15) is 11.8 Å². The Hall–Kier alpha value is -1.68. The first-order chi connectivity index (χ1) is 8.77. The fourth-order valence-electron chi connectivity index (χ4n) is 1.81. The molecule has 1 N–H and O–H groups in total. The molecular formula is C14H15NO2S. The number of hydrogen-bond donors (Lipinski definition) is 1. The van der Waals surface area contributed by atoms with E-state index in [9.17, 15) is 4.79 Å². The fourth-order valence-corrected chi connectivity index (χ4v) is 2.39. The molecule has 94 valence electrons. The maximum atomic E-state index is 12.0. The average molecular weight is 261 g/mol. The Balaban J connectivity index is 2.44. The number of thioether (sulfide) groups is 1. The molecule has 0 atom stereocenters. The second-order valence-electron chi connectivity index (χ2n) is 3.84. The first kappa shape index (κ1) is 12.8. The molecule has 18 heavy (non-hydrogen) atoms. The molecule has 1 amide bonds. The number of nitrogens with one attached hydrogen (secondary N) is 1. The van der Waals surface area contributed by atoms with Crippen molar-refractivity contribution in [2.75, 3.05) is 12.8 Å². The maximum absolute atomic E-state index is 12.0. The first-order valence-corrected chi connectivity index (χ1v) is 7.05. The second-order valence-corrected chi connectivity index (χ2v) is 4.70. The summed E-state index contributed by atoms with van der Waals surface area (Å²) < 4.78 is 5.65. The summed E-state index contributed by atoms with van der Waals surface area (Å²) in [6.07, 6.45) is 3.65. The Bertz CT molecular complexity index is 574. The predicted molar refractivity (Wildman–Crippen MR) is 76.0 cm³/mol. The van der Waals surface area contributed by atoms with E-state index in [4.69, 9.17) is 4.42 Å². The van der Waals surface area contributed by atoms with E-state index in [0.29, 0.717) is 12.3 Å². The first-order valence-electron chi connectivity index (χ1n) is 5.66. The monoisotopic (exact) mass is 261 g/mol. The lowest BCUT2D eigenvalue weighted by Crippen LogP contribution is -2.23. The van der Waals surface area contributed by atoms with Crippen LogP contribution < -0.4 is 5.32 Å². The topological polar surface area (TPSA) is 42.2 Å². The highest BCUT2D eigenvalue weighted by Gasteiger charge is 2.19. The van der Waals surface area contributed by atoms with Crippen LogP contribution in [0.3, 0.4) is 0 Å². The predicted octanol–water partition coefficient (Wildman–Crippen LogP) is 3.21. The van der Waals surface area contributed by atoms with Crippen LogP contribution in [0.4, 0.5) is 0 Å². The van der Waals surface area contributed by atoms with Crippen molar-refractivity contribution in [3.8, 4) is 0 Å². The number of fused-ring (bicyclic) bond motifs is 1. The molecule has 0 saturated heterocycles. The molecule has 0 spiro atoms. The molecule has 0 aliphatic rings. The van der Waals surface area contributed by atoms with Crippen LogP contribution in [0, 0.1) is 0 Å². The molecule has 0 saturated carbocycles. The second kappa shape index (κ2) is 5.78. The van der Waals surface area contributed by atoms with Crippen LogP contribution in [-0.2, 0) is 5.75 Å². The summed E-state index contributed by atoms with van der Waals surface area (Å²) in [6.45, 7) is 4.02. The number of hydrogen-bond acceptors (Lipinski definition) is 3. The van der Waals surface area contributed by atoms with Crippen molar-refractivity contribution in [1.29, 1.82) is 0 Å². The van der Waals surface area contributed by atoms with E-state index in [1.54, 1.807) is 17.8 Å². The summed E-state index contributed by atoms with van der Waals surface area (Å²) in [5.41, 5.74) is 1.71. The van der Waals surface area contributed by atoms with E-state index < -0.39 is 0 Å². The van der Waals surface area contributed by atoms with Gasteiger partial charge in [0, 0.05) is 23.2 Å². The largest absolute Gasteiger partial charge is 0.451 e. The summed E-state index contributed by atoms with van der Waals surface area (Å²) in [5.74, 6) is 0.982. The van der Waals surface area contributed by atoms with Crippen LogP contribution in [0.25, 0.3) is 11.0 Å². The van der Waals surface area contributed by atoms with Gasteiger partial charge in [-0.15, -0.1) is 6.58 Å². The summed E-state index contributed by atoms with van der Waals surface area (Å²) in [6, 6.07) is 7.71. The Labute approximate surface area is 110 Å². The van der Waals surface area contributed by atoms with Gasteiger partial charge in [0.2, 0.25) is 0 Å². The van der Waals surface area contributed by atoms with E-state index in [0.717, 1.165) is 22.3 Å². The summed E-state index contributed by atoms with van der Waals surface area (Å²) in [5, 5.41) is 3.76. The third-order valence-corrected chi connectivity index (χ3v) is 3.18. The molecule has 0 fully saturated rings. The van der Waals surface area contributed by atoms with Crippen LogP contribution in [-0.4, -0.2) is 18.7 Å². The lowest BCUT2D eigenvalue weighted by atomic mass is 10.1. The van der Waals surface area contributed by atoms with Gasteiger partial charge in [-0.25, -0.2) is 0 Å². The molecule has 1 heterocycles. The van der Waals surface area contributed by atoms with Gasteiger partial charge in [0.15, 0.2) is 5.76 Å². The lowest BCUT2D eigenvalue weighted by Gasteiger charge is -2.01. The summed E-state index contributed by atoms with van der Waals surface area (Å²) in [7, 11) is 0. The zero-order valence-electron chi connectivity index (χ0n) is 10.2. The minimum absolute atomic E-state index is 0.185. The minimum Gasteiger partial charge on any atom is -0.451 e. The number of carbonyl (C=O) groups excluding carboxylic acids is 1. The average Bonchev–Trinajstić information content (AvgIpc) is 2.76. The molecule has 1 aromatic heterocycles. The van der Waals surface area contributed by atoms with Crippen LogP contribution in [0.5, 0.6) is 0 Å². The van der Waals surface area contributed by atoms with Gasteiger partial charge >= 0.3 is 0 Å².